The summed E-state index contributed by atoms with van der Waals surface area (Å²) in [6.45, 7) is 0.514. The van der Waals surface area contributed by atoms with Crippen LogP contribution in [0.5, 0.6) is 5.75 Å². The van der Waals surface area contributed by atoms with Crippen molar-refractivity contribution in [1.82, 2.24) is 5.32 Å². The first kappa shape index (κ1) is 19.1. The first-order valence-corrected chi connectivity index (χ1v) is 10.9. The second-order valence-corrected chi connectivity index (χ2v) is 8.86. The van der Waals surface area contributed by atoms with Crippen molar-refractivity contribution in [1.29, 1.82) is 0 Å². The van der Waals surface area contributed by atoms with Gasteiger partial charge in [0.1, 0.15) is 12.4 Å². The Morgan fingerprint density at radius 2 is 2.07 bits per heavy atom. The smallest absolute Gasteiger partial charge is 0.407 e. The maximum atomic E-state index is 11.5. The molecule has 4 heteroatoms. The summed E-state index contributed by atoms with van der Waals surface area (Å²) in [5, 5.41) is 3.05. The van der Waals surface area contributed by atoms with Crippen molar-refractivity contribution in [3.8, 4) is 17.6 Å². The molecule has 1 saturated heterocycles. The quantitative estimate of drug-likeness (QED) is 0.749. The average Bonchev–Trinajstić information content (AvgIpc) is 3.37. The Morgan fingerprint density at radius 3 is 2.90 bits per heavy atom. The normalized spacial score (nSPS) is 27.0. The molecule has 2 fully saturated rings. The van der Waals surface area contributed by atoms with E-state index in [4.69, 9.17) is 9.47 Å². The number of carbonyl (C=O) groups is 1. The molecule has 1 saturated carbocycles. The topological polar surface area (TPSA) is 47.6 Å². The zero-order valence-corrected chi connectivity index (χ0v) is 17.4. The number of amides is 1. The monoisotopic (exact) mass is 401 g/mol. The Labute approximate surface area is 178 Å². The van der Waals surface area contributed by atoms with Crippen molar-refractivity contribution in [2.75, 3.05) is 13.7 Å². The molecule has 1 heterocycles. The van der Waals surface area contributed by atoms with Crippen molar-refractivity contribution >= 4 is 6.09 Å². The number of rotatable bonds is 2. The van der Waals surface area contributed by atoms with E-state index in [9.17, 15) is 4.79 Å². The summed E-state index contributed by atoms with van der Waals surface area (Å²) >= 11 is 0. The summed E-state index contributed by atoms with van der Waals surface area (Å²) in [6, 6.07) is 14.9. The second kappa shape index (κ2) is 7.72. The van der Waals surface area contributed by atoms with Gasteiger partial charge in [-0.15, -0.1) is 0 Å². The zero-order valence-electron chi connectivity index (χ0n) is 17.4. The van der Waals surface area contributed by atoms with Gasteiger partial charge >= 0.3 is 6.09 Å². The number of hydrogen-bond donors (Lipinski definition) is 1. The fourth-order valence-electron chi connectivity index (χ4n) is 5.23. The summed E-state index contributed by atoms with van der Waals surface area (Å²) in [4.78, 5) is 11.5. The number of carbonyl (C=O) groups excluding carboxylic acids is 1. The van der Waals surface area contributed by atoms with Crippen LogP contribution in [0.2, 0.25) is 0 Å². The number of fused-ring (bicyclic) bond motifs is 1. The standard InChI is InChI=1S/C26H27NO3/c1-29-24-5-3-2-4-19(24)8-6-18-7-9-21-15-22(11-10-20(21)14-18)23-12-13-26(16-23)17-30-25(28)27-26/h2-5,10-11,15,18,23H,7,9,12-14,16-17H2,1H3,(H,27,28)/t18?,23-,26+/m0/s1. The van der Waals surface area contributed by atoms with Crippen LogP contribution in [0.25, 0.3) is 0 Å². The first-order valence-electron chi connectivity index (χ1n) is 10.9. The molecule has 154 valence electrons. The first-order chi connectivity index (χ1) is 14.6. The van der Waals surface area contributed by atoms with Gasteiger partial charge in [0.25, 0.3) is 0 Å². The number of ether oxygens (including phenoxy) is 2. The van der Waals surface area contributed by atoms with Crippen LogP contribution in [0.3, 0.4) is 0 Å². The van der Waals surface area contributed by atoms with Crippen LogP contribution in [0.1, 0.15) is 53.9 Å². The van der Waals surface area contributed by atoms with Gasteiger partial charge in [-0.05, 0) is 73.3 Å². The van der Waals surface area contributed by atoms with Crippen LogP contribution in [0.4, 0.5) is 4.79 Å². The van der Waals surface area contributed by atoms with Gasteiger partial charge < -0.3 is 14.8 Å². The summed E-state index contributed by atoms with van der Waals surface area (Å²) in [5.74, 6) is 8.53. The van der Waals surface area contributed by atoms with E-state index in [0.29, 0.717) is 18.4 Å². The minimum atomic E-state index is -0.263. The largest absolute Gasteiger partial charge is 0.495 e. The van der Waals surface area contributed by atoms with Crippen LogP contribution in [-0.4, -0.2) is 25.3 Å². The molecule has 3 atom stereocenters. The molecule has 2 aliphatic carbocycles. The van der Waals surface area contributed by atoms with Crippen LogP contribution in [0.15, 0.2) is 42.5 Å². The molecule has 0 radical (unpaired) electrons. The molecule has 3 aliphatic rings. The predicted molar refractivity (Wildman–Crippen MR) is 116 cm³/mol. The lowest BCUT2D eigenvalue weighted by Crippen LogP contribution is -2.40. The van der Waals surface area contributed by atoms with Crippen molar-refractivity contribution in [3.63, 3.8) is 0 Å². The Hall–Kier alpha value is -2.93. The third-order valence-electron chi connectivity index (χ3n) is 6.90. The number of benzene rings is 2. The van der Waals surface area contributed by atoms with Crippen LogP contribution >= 0.6 is 0 Å². The van der Waals surface area contributed by atoms with Gasteiger partial charge in [-0.25, -0.2) is 4.79 Å². The van der Waals surface area contributed by atoms with Crippen molar-refractivity contribution in [3.05, 3.63) is 64.7 Å². The highest BCUT2D eigenvalue weighted by atomic mass is 16.6. The van der Waals surface area contributed by atoms with Gasteiger partial charge in [0, 0.05) is 5.92 Å². The molecule has 4 nitrogen and oxygen atoms in total. The fourth-order valence-corrected chi connectivity index (χ4v) is 5.23. The van der Waals surface area contributed by atoms with E-state index in [1.54, 1.807) is 7.11 Å². The number of alkyl carbamates (subject to hydrolysis) is 1. The molecular weight excluding hydrogens is 374 g/mol. The zero-order chi connectivity index (χ0) is 20.6. The highest BCUT2D eigenvalue weighted by Gasteiger charge is 2.46. The van der Waals surface area contributed by atoms with Gasteiger partial charge in [-0.2, -0.15) is 0 Å². The summed E-state index contributed by atoms with van der Waals surface area (Å²) in [5.41, 5.74) is 5.12. The maximum absolute atomic E-state index is 11.5. The third kappa shape index (κ3) is 3.65. The molecule has 30 heavy (non-hydrogen) atoms. The Balaban J connectivity index is 1.28. The number of cyclic esters (lactones) is 1. The number of methoxy groups -OCH3 is 1. The van der Waals surface area contributed by atoms with E-state index in [1.165, 1.54) is 16.7 Å². The number of hydrogen-bond acceptors (Lipinski definition) is 3. The maximum Gasteiger partial charge on any atom is 0.407 e. The van der Waals surface area contributed by atoms with Crippen molar-refractivity contribution in [2.45, 2.75) is 50.0 Å². The number of para-hydroxylation sites is 1. The lowest BCUT2D eigenvalue weighted by molar-refractivity contribution is 0.172. The molecule has 1 amide bonds. The van der Waals surface area contributed by atoms with E-state index >= 15 is 0 Å². The molecule has 0 bridgehead atoms. The Kier molecular flexibility index (Phi) is 4.90. The van der Waals surface area contributed by atoms with E-state index in [1.807, 2.05) is 24.3 Å². The molecule has 1 N–H and O–H groups in total. The highest BCUT2D eigenvalue weighted by Crippen LogP contribution is 2.43. The molecule has 1 unspecified atom stereocenters. The minimum absolute atomic E-state index is 0.142. The van der Waals surface area contributed by atoms with Crippen molar-refractivity contribution in [2.24, 2.45) is 5.92 Å². The molecule has 0 aromatic heterocycles. The molecule has 5 rings (SSSR count). The van der Waals surface area contributed by atoms with Gasteiger partial charge in [0.15, 0.2) is 0 Å². The van der Waals surface area contributed by atoms with E-state index in [2.05, 4.69) is 35.4 Å². The molecule has 2 aromatic carbocycles. The fraction of sp³-hybridized carbons (Fsp3) is 0.423. The lowest BCUT2D eigenvalue weighted by atomic mass is 9.81. The predicted octanol–water partition coefficient (Wildman–Crippen LogP) is 4.60. The van der Waals surface area contributed by atoms with Gasteiger partial charge in [0.2, 0.25) is 0 Å². The van der Waals surface area contributed by atoms with E-state index < -0.39 is 0 Å². The van der Waals surface area contributed by atoms with Crippen LogP contribution in [-0.2, 0) is 17.6 Å². The molecule has 1 spiro atoms. The Bertz CT molecular complexity index is 1030. The van der Waals surface area contributed by atoms with Crippen molar-refractivity contribution < 1.29 is 14.3 Å². The van der Waals surface area contributed by atoms with Gasteiger partial charge in [-0.1, -0.05) is 42.2 Å². The molecule has 1 aliphatic heterocycles. The van der Waals surface area contributed by atoms with Crippen LogP contribution < -0.4 is 10.1 Å². The SMILES string of the molecule is COc1ccccc1C#CC1CCc2cc([C@H]3CC[C@]4(COC(=O)N4)C3)ccc2C1. The Morgan fingerprint density at radius 1 is 1.17 bits per heavy atom. The number of aryl methyl sites for hydroxylation is 1. The third-order valence-corrected chi connectivity index (χ3v) is 6.90. The van der Waals surface area contributed by atoms with Gasteiger partial charge in [0.05, 0.1) is 18.2 Å². The average molecular weight is 402 g/mol. The summed E-state index contributed by atoms with van der Waals surface area (Å²) in [7, 11) is 1.69. The van der Waals surface area contributed by atoms with E-state index in [0.717, 1.165) is 49.8 Å². The summed E-state index contributed by atoms with van der Waals surface area (Å²) < 4.78 is 10.6. The molecule has 2 aromatic rings. The second-order valence-electron chi connectivity index (χ2n) is 8.86. The minimum Gasteiger partial charge on any atom is -0.495 e. The molecular formula is C26H27NO3. The highest BCUT2D eigenvalue weighted by molar-refractivity contribution is 5.71. The van der Waals surface area contributed by atoms with Crippen LogP contribution in [0, 0.1) is 17.8 Å². The lowest BCUT2D eigenvalue weighted by Gasteiger charge is -2.23. The van der Waals surface area contributed by atoms with Gasteiger partial charge in [-0.3, -0.25) is 0 Å². The van der Waals surface area contributed by atoms with E-state index in [-0.39, 0.29) is 11.6 Å². The summed E-state index contributed by atoms with van der Waals surface area (Å²) in [6.07, 6.45) is 6.00. The number of nitrogens with one attached hydrogen (secondary N) is 1.